The highest BCUT2D eigenvalue weighted by Crippen LogP contribution is 2.28. The predicted octanol–water partition coefficient (Wildman–Crippen LogP) is 3.51. The first kappa shape index (κ1) is 15.8. The number of nitrogens with zero attached hydrogens (tertiary/aromatic N) is 2. The van der Waals surface area contributed by atoms with Crippen LogP contribution in [0.15, 0.2) is 30.3 Å². The van der Waals surface area contributed by atoms with Crippen molar-refractivity contribution in [3.63, 3.8) is 0 Å². The molecule has 120 valence electrons. The lowest BCUT2D eigenvalue weighted by Crippen LogP contribution is -2.37. The van der Waals surface area contributed by atoms with Gasteiger partial charge in [0.2, 0.25) is 0 Å². The van der Waals surface area contributed by atoms with Crippen LogP contribution in [0, 0.1) is 11.3 Å². The zero-order valence-corrected chi connectivity index (χ0v) is 13.8. The second-order valence-corrected chi connectivity index (χ2v) is 5.99. The maximum atomic E-state index is 9.08. The van der Waals surface area contributed by atoms with E-state index < -0.39 is 0 Å². The van der Waals surface area contributed by atoms with Crippen molar-refractivity contribution in [2.45, 2.75) is 26.3 Å². The summed E-state index contributed by atoms with van der Waals surface area (Å²) in [6, 6.07) is 13.3. The van der Waals surface area contributed by atoms with E-state index in [9.17, 15) is 0 Å². The molecule has 1 aromatic heterocycles. The SMILES string of the molecule is CCc1[nH]c(C#N)cc1-c1ccc([C@@H](C)N2CCOCC2)cc1. The van der Waals surface area contributed by atoms with Crippen LogP contribution in [0.2, 0.25) is 0 Å². The van der Waals surface area contributed by atoms with Crippen molar-refractivity contribution < 1.29 is 4.74 Å². The number of hydrogen-bond donors (Lipinski definition) is 1. The number of nitrogens with one attached hydrogen (secondary N) is 1. The Hall–Kier alpha value is -2.09. The smallest absolute Gasteiger partial charge is 0.118 e. The number of aryl methyl sites for hydroxylation is 1. The second-order valence-electron chi connectivity index (χ2n) is 5.99. The van der Waals surface area contributed by atoms with E-state index in [1.807, 2.05) is 6.07 Å². The third-order valence-electron chi connectivity index (χ3n) is 4.67. The number of rotatable bonds is 4. The van der Waals surface area contributed by atoms with Crippen LogP contribution >= 0.6 is 0 Å². The highest BCUT2D eigenvalue weighted by atomic mass is 16.5. The Bertz CT molecular complexity index is 690. The molecule has 0 aliphatic carbocycles. The van der Waals surface area contributed by atoms with E-state index in [0.29, 0.717) is 11.7 Å². The molecule has 4 nitrogen and oxygen atoms in total. The van der Waals surface area contributed by atoms with Gasteiger partial charge < -0.3 is 9.72 Å². The summed E-state index contributed by atoms with van der Waals surface area (Å²) in [5, 5.41) is 9.08. The van der Waals surface area contributed by atoms with E-state index in [4.69, 9.17) is 10.00 Å². The Morgan fingerprint density at radius 2 is 1.96 bits per heavy atom. The van der Waals surface area contributed by atoms with Crippen LogP contribution in [0.3, 0.4) is 0 Å². The fraction of sp³-hybridized carbons (Fsp3) is 0.421. The van der Waals surface area contributed by atoms with E-state index in [1.54, 1.807) is 0 Å². The van der Waals surface area contributed by atoms with Crippen LogP contribution < -0.4 is 0 Å². The first-order chi connectivity index (χ1) is 11.2. The van der Waals surface area contributed by atoms with E-state index in [2.05, 4.69) is 54.1 Å². The maximum absolute atomic E-state index is 9.08. The van der Waals surface area contributed by atoms with Crippen molar-refractivity contribution >= 4 is 0 Å². The second kappa shape index (κ2) is 6.99. The zero-order chi connectivity index (χ0) is 16.2. The van der Waals surface area contributed by atoms with Gasteiger partial charge >= 0.3 is 0 Å². The molecule has 1 aromatic carbocycles. The topological polar surface area (TPSA) is 52.0 Å². The van der Waals surface area contributed by atoms with E-state index in [1.165, 1.54) is 5.56 Å². The molecule has 1 aliphatic rings. The van der Waals surface area contributed by atoms with Crippen molar-refractivity contribution in [3.8, 4) is 17.2 Å². The van der Waals surface area contributed by atoms with Crippen molar-refractivity contribution in [1.29, 1.82) is 5.26 Å². The molecule has 0 spiro atoms. The van der Waals surface area contributed by atoms with Gasteiger partial charge in [0.05, 0.1) is 13.2 Å². The molecule has 2 aromatic rings. The van der Waals surface area contributed by atoms with Crippen LogP contribution in [0.1, 0.15) is 36.8 Å². The summed E-state index contributed by atoms with van der Waals surface area (Å²) in [6.45, 7) is 7.98. The Morgan fingerprint density at radius 1 is 1.26 bits per heavy atom. The third kappa shape index (κ3) is 3.31. The molecule has 3 rings (SSSR count). The monoisotopic (exact) mass is 309 g/mol. The average molecular weight is 309 g/mol. The first-order valence-corrected chi connectivity index (χ1v) is 8.27. The van der Waals surface area contributed by atoms with Crippen molar-refractivity contribution in [2.24, 2.45) is 0 Å². The minimum Gasteiger partial charge on any atom is -0.379 e. The normalized spacial score (nSPS) is 16.9. The van der Waals surface area contributed by atoms with Crippen LogP contribution in [-0.4, -0.2) is 36.2 Å². The maximum Gasteiger partial charge on any atom is 0.118 e. The van der Waals surface area contributed by atoms with Gasteiger partial charge in [-0.15, -0.1) is 0 Å². The molecule has 1 N–H and O–H groups in total. The molecule has 0 bridgehead atoms. The summed E-state index contributed by atoms with van der Waals surface area (Å²) >= 11 is 0. The van der Waals surface area contributed by atoms with E-state index in [0.717, 1.165) is 49.5 Å². The summed E-state index contributed by atoms with van der Waals surface area (Å²) < 4.78 is 5.43. The summed E-state index contributed by atoms with van der Waals surface area (Å²) in [7, 11) is 0. The Labute approximate surface area is 137 Å². The molecule has 1 aliphatic heterocycles. The zero-order valence-electron chi connectivity index (χ0n) is 13.8. The fourth-order valence-corrected chi connectivity index (χ4v) is 3.21. The molecule has 1 fully saturated rings. The summed E-state index contributed by atoms with van der Waals surface area (Å²) in [4.78, 5) is 5.64. The number of aromatic amines is 1. The minimum atomic E-state index is 0.402. The number of morpholine rings is 1. The van der Waals surface area contributed by atoms with Crippen LogP contribution in [0.25, 0.3) is 11.1 Å². The lowest BCUT2D eigenvalue weighted by Gasteiger charge is -2.32. The molecule has 0 radical (unpaired) electrons. The molecule has 0 unspecified atom stereocenters. The standard InChI is InChI=1S/C19H23N3O/c1-3-19-18(12-17(13-20)21-19)16-6-4-15(5-7-16)14(2)22-8-10-23-11-9-22/h4-7,12,14,21H,3,8-11H2,1-2H3/t14-/m1/s1. The molecule has 1 saturated heterocycles. The number of aromatic nitrogens is 1. The predicted molar refractivity (Wildman–Crippen MR) is 91.1 cm³/mol. The van der Waals surface area contributed by atoms with Gasteiger partial charge in [0, 0.05) is 30.4 Å². The highest BCUT2D eigenvalue weighted by molar-refractivity contribution is 5.68. The lowest BCUT2D eigenvalue weighted by atomic mass is 10.00. The van der Waals surface area contributed by atoms with Crippen molar-refractivity contribution in [2.75, 3.05) is 26.3 Å². The van der Waals surface area contributed by atoms with E-state index >= 15 is 0 Å². The average Bonchev–Trinajstić information content (AvgIpc) is 3.05. The molecule has 2 heterocycles. The third-order valence-corrected chi connectivity index (χ3v) is 4.67. The number of ether oxygens (including phenoxy) is 1. The number of hydrogen-bond acceptors (Lipinski definition) is 3. The van der Waals surface area contributed by atoms with Gasteiger partial charge in [0.1, 0.15) is 11.8 Å². The number of benzene rings is 1. The molecule has 4 heteroatoms. The summed E-state index contributed by atoms with van der Waals surface area (Å²) in [6.07, 6.45) is 0.892. The molecular weight excluding hydrogens is 286 g/mol. The molecule has 0 saturated carbocycles. The van der Waals surface area contributed by atoms with Gasteiger partial charge in [-0.2, -0.15) is 5.26 Å². The van der Waals surface area contributed by atoms with Crippen LogP contribution in [0.5, 0.6) is 0 Å². The quantitative estimate of drug-likeness (QED) is 0.940. The molecule has 23 heavy (non-hydrogen) atoms. The molecule has 1 atom stereocenters. The molecular formula is C19H23N3O. The fourth-order valence-electron chi connectivity index (χ4n) is 3.21. The molecule has 0 amide bonds. The van der Waals surface area contributed by atoms with E-state index in [-0.39, 0.29) is 0 Å². The van der Waals surface area contributed by atoms with Crippen molar-refractivity contribution in [1.82, 2.24) is 9.88 Å². The highest BCUT2D eigenvalue weighted by Gasteiger charge is 2.18. The van der Waals surface area contributed by atoms with Gasteiger partial charge in [-0.05, 0) is 30.5 Å². The lowest BCUT2D eigenvalue weighted by molar-refractivity contribution is 0.0198. The van der Waals surface area contributed by atoms with Crippen molar-refractivity contribution in [3.05, 3.63) is 47.3 Å². The van der Waals surface area contributed by atoms with Crippen LogP contribution in [-0.2, 0) is 11.2 Å². The van der Waals surface area contributed by atoms with Gasteiger partial charge in [-0.3, -0.25) is 4.90 Å². The minimum absolute atomic E-state index is 0.402. The largest absolute Gasteiger partial charge is 0.379 e. The number of nitriles is 1. The number of H-pyrrole nitrogens is 1. The summed E-state index contributed by atoms with van der Waals surface area (Å²) in [5.74, 6) is 0. The van der Waals surface area contributed by atoms with Crippen LogP contribution in [0.4, 0.5) is 0 Å². The van der Waals surface area contributed by atoms with Gasteiger partial charge in [-0.25, -0.2) is 0 Å². The van der Waals surface area contributed by atoms with Gasteiger partial charge in [-0.1, -0.05) is 31.2 Å². The van der Waals surface area contributed by atoms with Gasteiger partial charge in [0.25, 0.3) is 0 Å². The first-order valence-electron chi connectivity index (χ1n) is 8.27. The Balaban J connectivity index is 1.82. The Morgan fingerprint density at radius 3 is 2.57 bits per heavy atom. The summed E-state index contributed by atoms with van der Waals surface area (Å²) in [5.41, 5.74) is 5.37. The van der Waals surface area contributed by atoms with Gasteiger partial charge in [0.15, 0.2) is 0 Å². The Kier molecular flexibility index (Phi) is 4.80.